The van der Waals surface area contributed by atoms with Crippen LogP contribution in [-0.2, 0) is 4.79 Å². The molecule has 4 unspecified atom stereocenters. The minimum Gasteiger partial charge on any atom is -0.394 e. The first-order valence-corrected chi connectivity index (χ1v) is 17.9. The van der Waals surface area contributed by atoms with Crippen LogP contribution in [0.2, 0.25) is 0 Å². The van der Waals surface area contributed by atoms with Gasteiger partial charge in [-0.3, -0.25) is 4.79 Å². The van der Waals surface area contributed by atoms with Crippen molar-refractivity contribution in [1.29, 1.82) is 0 Å². The third kappa shape index (κ3) is 26.6. The van der Waals surface area contributed by atoms with Crippen molar-refractivity contribution in [2.45, 2.75) is 186 Å². The quantitative estimate of drug-likeness (QED) is 0.0403. The predicted octanol–water partition coefficient (Wildman–Crippen LogP) is 8.23. The number of rotatable bonds is 31. The zero-order valence-electron chi connectivity index (χ0n) is 27.9. The molecule has 0 aromatic rings. The zero-order valence-corrected chi connectivity index (χ0v) is 27.9. The van der Waals surface area contributed by atoms with Crippen molar-refractivity contribution < 1.29 is 25.2 Å². The second-order valence-electron chi connectivity index (χ2n) is 12.2. The van der Waals surface area contributed by atoms with Crippen molar-refractivity contribution in [2.75, 3.05) is 6.61 Å². The van der Waals surface area contributed by atoms with Gasteiger partial charge in [-0.2, -0.15) is 0 Å². The van der Waals surface area contributed by atoms with Gasteiger partial charge in [0.15, 0.2) is 0 Å². The van der Waals surface area contributed by atoms with E-state index in [2.05, 4.69) is 55.6 Å². The first-order chi connectivity index (χ1) is 21.0. The number of allylic oxidation sites excluding steroid dienone is 6. The monoisotopic (exact) mass is 608 g/mol. The van der Waals surface area contributed by atoms with Gasteiger partial charge in [-0.1, -0.05) is 134 Å². The lowest BCUT2D eigenvalue weighted by molar-refractivity contribution is -0.132. The third-order valence-corrected chi connectivity index (χ3v) is 8.06. The van der Waals surface area contributed by atoms with E-state index in [1.807, 2.05) is 0 Å². The van der Waals surface area contributed by atoms with E-state index in [-0.39, 0.29) is 0 Å². The Labute approximate surface area is 265 Å². The summed E-state index contributed by atoms with van der Waals surface area (Å²) in [5, 5.41) is 43.3. The molecule has 252 valence electrons. The van der Waals surface area contributed by atoms with Gasteiger partial charge in [0.2, 0.25) is 5.91 Å². The number of unbranched alkanes of at least 4 members (excludes halogenated alkanes) is 16. The van der Waals surface area contributed by atoms with E-state index in [9.17, 15) is 25.2 Å². The number of carbonyl (C=O) groups excluding carboxylic acids is 1. The number of nitrogens with one attached hydrogen (secondary N) is 1. The molecule has 0 spiro atoms. The van der Waals surface area contributed by atoms with Gasteiger partial charge in [-0.15, -0.1) is 0 Å². The molecule has 0 aromatic carbocycles. The summed E-state index contributed by atoms with van der Waals surface area (Å²) in [5.41, 5.74) is 0. The first-order valence-electron chi connectivity index (χ1n) is 17.9. The van der Waals surface area contributed by atoms with Crippen molar-refractivity contribution in [3.63, 3.8) is 0 Å². The number of aliphatic hydroxyl groups excluding tert-OH is 4. The van der Waals surface area contributed by atoms with E-state index in [1.54, 1.807) is 0 Å². The summed E-state index contributed by atoms with van der Waals surface area (Å²) in [4.78, 5) is 12.4. The Morgan fingerprint density at radius 2 is 0.977 bits per heavy atom. The van der Waals surface area contributed by atoms with Gasteiger partial charge in [0.05, 0.1) is 18.8 Å². The molecule has 1 amide bonds. The molecule has 0 heterocycles. The van der Waals surface area contributed by atoms with Crippen molar-refractivity contribution >= 4 is 5.91 Å². The van der Waals surface area contributed by atoms with Crippen LogP contribution >= 0.6 is 0 Å². The summed E-state index contributed by atoms with van der Waals surface area (Å²) in [5.74, 6) is -0.604. The summed E-state index contributed by atoms with van der Waals surface area (Å²) in [6.45, 7) is 3.96. The Morgan fingerprint density at radius 3 is 1.47 bits per heavy atom. The highest BCUT2D eigenvalue weighted by Crippen LogP contribution is 2.13. The van der Waals surface area contributed by atoms with Crippen LogP contribution in [-0.4, -0.2) is 57.3 Å². The predicted molar refractivity (Wildman–Crippen MR) is 182 cm³/mol. The summed E-state index contributed by atoms with van der Waals surface area (Å²) < 4.78 is 0. The second kappa shape index (κ2) is 31.9. The average Bonchev–Trinajstić information content (AvgIpc) is 3.01. The lowest BCUT2D eigenvalue weighted by atomic mass is 10.00. The van der Waals surface area contributed by atoms with E-state index in [0.29, 0.717) is 19.3 Å². The standard InChI is InChI=1S/C37H69NO5/c1-3-5-7-9-11-13-15-16-17-18-19-20-21-23-24-26-28-30-34(40)36(42)33(32-39)38-37(43)35(41)31-29-27-25-22-14-12-10-8-6-4-2/h13,15,18-19,23-24,33-36,39-42H,3-12,14,16-17,20-22,25-32H2,1-2H3,(H,38,43)/b15-13+,19-18+,24-23+. The summed E-state index contributed by atoms with van der Waals surface area (Å²) >= 11 is 0. The molecule has 43 heavy (non-hydrogen) atoms. The van der Waals surface area contributed by atoms with Crippen LogP contribution in [0.4, 0.5) is 0 Å². The molecule has 6 heteroatoms. The molecule has 0 aliphatic heterocycles. The smallest absolute Gasteiger partial charge is 0.249 e. The number of amides is 1. The molecular weight excluding hydrogens is 538 g/mol. The molecule has 4 atom stereocenters. The van der Waals surface area contributed by atoms with Gasteiger partial charge in [-0.05, 0) is 64.2 Å². The molecule has 0 aromatic heterocycles. The van der Waals surface area contributed by atoms with Gasteiger partial charge in [0.1, 0.15) is 12.2 Å². The Morgan fingerprint density at radius 1 is 0.558 bits per heavy atom. The normalized spacial score (nSPS) is 15.0. The summed E-state index contributed by atoms with van der Waals surface area (Å²) in [6, 6.07) is -1.01. The van der Waals surface area contributed by atoms with Crippen LogP contribution in [0.1, 0.15) is 162 Å². The SMILES string of the molecule is CCCCCC/C=C/CC/C=C/CC/C=C/CCCC(O)C(O)C(CO)NC(=O)C(O)CCCCCCCCCCCC. The Bertz CT molecular complexity index is 692. The topological polar surface area (TPSA) is 110 Å². The van der Waals surface area contributed by atoms with Crippen molar-refractivity contribution in [1.82, 2.24) is 5.32 Å². The largest absolute Gasteiger partial charge is 0.394 e. The molecule has 0 fully saturated rings. The molecule has 0 radical (unpaired) electrons. The Balaban J connectivity index is 3.94. The second-order valence-corrected chi connectivity index (χ2v) is 12.2. The van der Waals surface area contributed by atoms with Gasteiger partial charge in [-0.25, -0.2) is 0 Å². The highest BCUT2D eigenvalue weighted by molar-refractivity contribution is 5.80. The molecule has 5 N–H and O–H groups in total. The zero-order chi connectivity index (χ0) is 31.8. The number of hydrogen-bond acceptors (Lipinski definition) is 5. The fourth-order valence-electron chi connectivity index (χ4n) is 5.14. The van der Waals surface area contributed by atoms with Gasteiger partial charge in [0.25, 0.3) is 0 Å². The minimum absolute atomic E-state index is 0.359. The average molecular weight is 608 g/mol. The van der Waals surface area contributed by atoms with Gasteiger partial charge >= 0.3 is 0 Å². The number of carbonyl (C=O) groups is 1. The molecule has 6 nitrogen and oxygen atoms in total. The van der Waals surface area contributed by atoms with E-state index < -0.39 is 36.9 Å². The maximum absolute atomic E-state index is 12.4. The summed E-state index contributed by atoms with van der Waals surface area (Å²) in [6.07, 6.45) is 34.5. The van der Waals surface area contributed by atoms with Crippen molar-refractivity contribution in [3.8, 4) is 0 Å². The molecular formula is C37H69NO5. The minimum atomic E-state index is -1.29. The van der Waals surface area contributed by atoms with Gasteiger partial charge in [0, 0.05) is 0 Å². The Kier molecular flexibility index (Phi) is 30.8. The fraction of sp³-hybridized carbons (Fsp3) is 0.811. The number of aliphatic hydroxyl groups is 4. The van der Waals surface area contributed by atoms with E-state index in [1.165, 1.54) is 77.0 Å². The maximum atomic E-state index is 12.4. The molecule has 0 bridgehead atoms. The van der Waals surface area contributed by atoms with Crippen molar-refractivity contribution in [2.24, 2.45) is 0 Å². The molecule has 0 rings (SSSR count). The first kappa shape index (κ1) is 41.5. The lowest BCUT2D eigenvalue weighted by Crippen LogP contribution is -2.53. The van der Waals surface area contributed by atoms with E-state index in [0.717, 1.165) is 51.4 Å². The summed E-state index contributed by atoms with van der Waals surface area (Å²) in [7, 11) is 0. The van der Waals surface area contributed by atoms with Crippen LogP contribution in [0.25, 0.3) is 0 Å². The molecule has 0 saturated heterocycles. The van der Waals surface area contributed by atoms with Crippen LogP contribution in [0.15, 0.2) is 36.5 Å². The Hall–Kier alpha value is -1.47. The molecule has 0 aliphatic carbocycles. The van der Waals surface area contributed by atoms with E-state index >= 15 is 0 Å². The fourth-order valence-corrected chi connectivity index (χ4v) is 5.14. The number of hydrogen-bond donors (Lipinski definition) is 5. The molecule has 0 aliphatic rings. The molecule has 0 saturated carbocycles. The third-order valence-electron chi connectivity index (χ3n) is 8.06. The van der Waals surface area contributed by atoms with Crippen LogP contribution in [0.5, 0.6) is 0 Å². The van der Waals surface area contributed by atoms with Crippen LogP contribution in [0, 0.1) is 0 Å². The van der Waals surface area contributed by atoms with Crippen LogP contribution in [0.3, 0.4) is 0 Å². The van der Waals surface area contributed by atoms with Crippen molar-refractivity contribution in [3.05, 3.63) is 36.5 Å². The highest BCUT2D eigenvalue weighted by atomic mass is 16.3. The van der Waals surface area contributed by atoms with Crippen LogP contribution < -0.4 is 5.32 Å². The lowest BCUT2D eigenvalue weighted by Gasteiger charge is -2.27. The maximum Gasteiger partial charge on any atom is 0.249 e. The van der Waals surface area contributed by atoms with E-state index in [4.69, 9.17) is 0 Å². The van der Waals surface area contributed by atoms with Gasteiger partial charge < -0.3 is 25.7 Å². The highest BCUT2D eigenvalue weighted by Gasteiger charge is 2.28.